The molecule has 5 nitrogen and oxygen atoms in total. The number of amides is 1. The van der Waals surface area contributed by atoms with Gasteiger partial charge in [0.05, 0.1) is 5.39 Å². The Morgan fingerprint density at radius 3 is 2.66 bits per heavy atom. The van der Waals surface area contributed by atoms with Crippen molar-refractivity contribution in [3.8, 4) is 0 Å². The largest absolute Gasteiger partial charge is 0.350 e. The standard InChI is InChI=1S/C22H21ClFN3O2/c23-16-9-3-2-8-15(16)22(11-4-1-5-12-22)13-25-21(29)19-20(28)14-7-6-10-17(24)18(14)26-27-19/h2-3,6-10H,1,4-5,11-13H2,(H,25,29)(H,26,28). The predicted molar refractivity (Wildman–Crippen MR) is 111 cm³/mol. The molecule has 0 atom stereocenters. The van der Waals surface area contributed by atoms with Gasteiger partial charge in [-0.05, 0) is 36.6 Å². The molecule has 0 aliphatic heterocycles. The summed E-state index contributed by atoms with van der Waals surface area (Å²) in [5.41, 5.74) is -0.125. The number of aromatic nitrogens is 2. The normalized spacial score (nSPS) is 15.9. The average Bonchev–Trinajstić information content (AvgIpc) is 2.74. The summed E-state index contributed by atoms with van der Waals surface area (Å²) >= 11 is 6.47. The quantitative estimate of drug-likeness (QED) is 0.667. The Labute approximate surface area is 172 Å². The Bertz CT molecular complexity index is 1120. The van der Waals surface area contributed by atoms with E-state index in [0.29, 0.717) is 11.6 Å². The van der Waals surface area contributed by atoms with Crippen molar-refractivity contribution >= 4 is 28.4 Å². The summed E-state index contributed by atoms with van der Waals surface area (Å²) in [4.78, 5) is 25.4. The van der Waals surface area contributed by atoms with Gasteiger partial charge in [-0.2, -0.15) is 5.10 Å². The molecule has 150 valence electrons. The monoisotopic (exact) mass is 413 g/mol. The highest BCUT2D eigenvalue weighted by Crippen LogP contribution is 2.41. The van der Waals surface area contributed by atoms with Gasteiger partial charge in [0, 0.05) is 17.0 Å². The van der Waals surface area contributed by atoms with Gasteiger partial charge < -0.3 is 5.32 Å². The van der Waals surface area contributed by atoms with E-state index in [-0.39, 0.29) is 22.0 Å². The van der Waals surface area contributed by atoms with E-state index < -0.39 is 17.2 Å². The van der Waals surface area contributed by atoms with Gasteiger partial charge in [-0.15, -0.1) is 0 Å². The molecular weight excluding hydrogens is 393 g/mol. The van der Waals surface area contributed by atoms with Crippen LogP contribution in [0.15, 0.2) is 47.3 Å². The van der Waals surface area contributed by atoms with Crippen molar-refractivity contribution in [3.63, 3.8) is 0 Å². The summed E-state index contributed by atoms with van der Waals surface area (Å²) in [5, 5.41) is 9.98. The first-order chi connectivity index (χ1) is 14.0. The van der Waals surface area contributed by atoms with Gasteiger partial charge in [0.2, 0.25) is 5.43 Å². The number of para-hydroxylation sites is 1. The van der Waals surface area contributed by atoms with E-state index in [9.17, 15) is 14.0 Å². The van der Waals surface area contributed by atoms with E-state index in [4.69, 9.17) is 11.6 Å². The van der Waals surface area contributed by atoms with Gasteiger partial charge in [-0.1, -0.05) is 55.1 Å². The molecule has 3 aromatic rings. The van der Waals surface area contributed by atoms with Crippen LogP contribution in [0.25, 0.3) is 10.9 Å². The summed E-state index contributed by atoms with van der Waals surface area (Å²) in [5.74, 6) is -1.16. The zero-order valence-electron chi connectivity index (χ0n) is 15.8. The van der Waals surface area contributed by atoms with Crippen molar-refractivity contribution in [1.29, 1.82) is 0 Å². The van der Waals surface area contributed by atoms with Crippen molar-refractivity contribution in [2.75, 3.05) is 6.54 Å². The Kier molecular flexibility index (Phi) is 5.37. The van der Waals surface area contributed by atoms with Gasteiger partial charge in [-0.3, -0.25) is 14.7 Å². The minimum atomic E-state index is -0.591. The second kappa shape index (κ2) is 7.95. The number of hydrogen-bond donors (Lipinski definition) is 2. The number of benzene rings is 2. The van der Waals surface area contributed by atoms with Gasteiger partial charge in [0.1, 0.15) is 11.3 Å². The van der Waals surface area contributed by atoms with Gasteiger partial charge in [0.25, 0.3) is 5.91 Å². The summed E-state index contributed by atoms with van der Waals surface area (Å²) in [6.45, 7) is 0.359. The summed E-state index contributed by atoms with van der Waals surface area (Å²) < 4.78 is 13.8. The molecule has 4 rings (SSSR count). The van der Waals surface area contributed by atoms with Crippen molar-refractivity contribution in [2.24, 2.45) is 0 Å². The van der Waals surface area contributed by atoms with E-state index in [1.165, 1.54) is 18.2 Å². The minimum Gasteiger partial charge on any atom is -0.350 e. The zero-order valence-corrected chi connectivity index (χ0v) is 16.6. The van der Waals surface area contributed by atoms with Crippen LogP contribution in [0.3, 0.4) is 0 Å². The third kappa shape index (κ3) is 3.65. The number of fused-ring (bicyclic) bond motifs is 1. The number of rotatable bonds is 4. The number of aromatic amines is 1. The molecule has 29 heavy (non-hydrogen) atoms. The summed E-state index contributed by atoms with van der Waals surface area (Å²) in [7, 11) is 0. The molecule has 2 N–H and O–H groups in total. The van der Waals surface area contributed by atoms with Crippen molar-refractivity contribution in [2.45, 2.75) is 37.5 Å². The highest BCUT2D eigenvalue weighted by molar-refractivity contribution is 6.31. The molecule has 0 saturated heterocycles. The number of hydrogen-bond acceptors (Lipinski definition) is 3. The molecule has 0 radical (unpaired) electrons. The molecule has 7 heteroatoms. The van der Waals surface area contributed by atoms with E-state index >= 15 is 0 Å². The van der Waals surface area contributed by atoms with Gasteiger partial charge in [0.15, 0.2) is 5.69 Å². The van der Waals surface area contributed by atoms with Crippen molar-refractivity contribution < 1.29 is 9.18 Å². The summed E-state index contributed by atoms with van der Waals surface area (Å²) in [6.07, 6.45) is 5.06. The predicted octanol–water partition coefficient (Wildman–Crippen LogP) is 4.35. The highest BCUT2D eigenvalue weighted by Gasteiger charge is 2.36. The van der Waals surface area contributed by atoms with Crippen LogP contribution in [0.5, 0.6) is 0 Å². The SMILES string of the molecule is O=C(NCC1(c2ccccc2Cl)CCCCC1)c1n[nH]c2c(F)cccc2c1=O. The zero-order chi connectivity index (χ0) is 20.4. The molecule has 1 amide bonds. The third-order valence-corrected chi connectivity index (χ3v) is 6.14. The number of carbonyl (C=O) groups is 1. The van der Waals surface area contributed by atoms with Crippen LogP contribution < -0.4 is 10.7 Å². The minimum absolute atomic E-state index is 0.00568. The fraction of sp³-hybridized carbons (Fsp3) is 0.318. The lowest BCUT2D eigenvalue weighted by atomic mass is 9.69. The Hall–Kier alpha value is -2.73. The molecule has 1 aliphatic carbocycles. The second-order valence-corrected chi connectivity index (χ2v) is 7.97. The average molecular weight is 414 g/mol. The van der Waals surface area contributed by atoms with Crippen LogP contribution in [0.2, 0.25) is 5.02 Å². The van der Waals surface area contributed by atoms with E-state index in [2.05, 4.69) is 15.5 Å². The molecular formula is C22H21ClFN3O2. The molecule has 1 aromatic heterocycles. The fourth-order valence-corrected chi connectivity index (χ4v) is 4.60. The highest BCUT2D eigenvalue weighted by atomic mass is 35.5. The van der Waals surface area contributed by atoms with Crippen LogP contribution in [0.1, 0.15) is 48.2 Å². The molecule has 1 saturated carbocycles. The molecule has 1 fully saturated rings. The van der Waals surface area contributed by atoms with Crippen LogP contribution in [0.4, 0.5) is 4.39 Å². The molecule has 0 spiro atoms. The van der Waals surface area contributed by atoms with Crippen LogP contribution >= 0.6 is 11.6 Å². The van der Waals surface area contributed by atoms with Crippen molar-refractivity contribution in [3.05, 3.63) is 74.8 Å². The van der Waals surface area contributed by atoms with Crippen molar-refractivity contribution in [1.82, 2.24) is 15.5 Å². The molecule has 0 bridgehead atoms. The maximum Gasteiger partial charge on any atom is 0.275 e. The van der Waals surface area contributed by atoms with E-state index in [1.54, 1.807) is 0 Å². The first-order valence-electron chi connectivity index (χ1n) is 9.72. The molecule has 0 unspecified atom stereocenters. The first-order valence-corrected chi connectivity index (χ1v) is 10.1. The first kappa shape index (κ1) is 19.6. The Balaban J connectivity index is 1.63. The second-order valence-electron chi connectivity index (χ2n) is 7.57. The lowest BCUT2D eigenvalue weighted by Gasteiger charge is -2.38. The molecule has 1 aliphatic rings. The van der Waals surface area contributed by atoms with Gasteiger partial charge >= 0.3 is 0 Å². The van der Waals surface area contributed by atoms with E-state index in [0.717, 1.165) is 37.7 Å². The Morgan fingerprint density at radius 2 is 1.90 bits per heavy atom. The third-order valence-electron chi connectivity index (χ3n) is 5.81. The lowest BCUT2D eigenvalue weighted by Crippen LogP contribution is -2.43. The number of halogens is 2. The smallest absolute Gasteiger partial charge is 0.275 e. The number of H-pyrrole nitrogens is 1. The van der Waals surface area contributed by atoms with Gasteiger partial charge in [-0.25, -0.2) is 4.39 Å². The molecule has 2 aromatic carbocycles. The summed E-state index contributed by atoms with van der Waals surface area (Å²) in [6, 6.07) is 11.8. The van der Waals surface area contributed by atoms with E-state index in [1.807, 2.05) is 24.3 Å². The van der Waals surface area contributed by atoms with Crippen LogP contribution in [-0.2, 0) is 5.41 Å². The van der Waals surface area contributed by atoms with Crippen LogP contribution in [-0.4, -0.2) is 22.6 Å². The maximum atomic E-state index is 13.8. The number of nitrogens with zero attached hydrogens (tertiary/aromatic N) is 1. The molecule has 1 heterocycles. The number of carbonyl (C=O) groups excluding carboxylic acids is 1. The Morgan fingerprint density at radius 1 is 1.14 bits per heavy atom. The lowest BCUT2D eigenvalue weighted by molar-refractivity contribution is 0.0929. The topological polar surface area (TPSA) is 74.8 Å². The fourth-order valence-electron chi connectivity index (χ4n) is 4.27. The number of nitrogens with one attached hydrogen (secondary N) is 2. The maximum absolute atomic E-state index is 13.8. The van der Waals surface area contributed by atoms with Crippen LogP contribution in [0, 0.1) is 5.82 Å².